The lowest BCUT2D eigenvalue weighted by atomic mass is 9.89. The van der Waals surface area contributed by atoms with Crippen molar-refractivity contribution in [1.82, 2.24) is 30.2 Å². The van der Waals surface area contributed by atoms with Gasteiger partial charge in [0.1, 0.15) is 11.9 Å². The third-order valence-corrected chi connectivity index (χ3v) is 4.59. The summed E-state index contributed by atoms with van der Waals surface area (Å²) in [4.78, 5) is 4.35. The highest BCUT2D eigenvalue weighted by atomic mass is 16.5. The van der Waals surface area contributed by atoms with E-state index in [4.69, 9.17) is 4.74 Å². The van der Waals surface area contributed by atoms with Gasteiger partial charge in [-0.05, 0) is 65.8 Å². The van der Waals surface area contributed by atoms with Crippen molar-refractivity contribution in [2.45, 2.75) is 45.3 Å². The fourth-order valence-corrected chi connectivity index (χ4v) is 3.08. The predicted octanol–water partition coefficient (Wildman–Crippen LogP) is 2.48. The van der Waals surface area contributed by atoms with Gasteiger partial charge in [0.25, 0.3) is 0 Å². The molecular weight excluding hydrogens is 318 g/mol. The second-order valence-corrected chi connectivity index (χ2v) is 6.60. The van der Waals surface area contributed by atoms with Gasteiger partial charge in [-0.2, -0.15) is 0 Å². The van der Waals surface area contributed by atoms with E-state index in [1.54, 1.807) is 6.20 Å². The summed E-state index contributed by atoms with van der Waals surface area (Å²) in [6, 6.07) is 7.63. The molecule has 3 aromatic rings. The fraction of sp³-hybridized carbons (Fsp3) is 0.471. The molecule has 0 unspecified atom stereocenters. The van der Waals surface area contributed by atoms with E-state index in [-0.39, 0.29) is 6.10 Å². The van der Waals surface area contributed by atoms with Gasteiger partial charge in [0.15, 0.2) is 5.65 Å². The summed E-state index contributed by atoms with van der Waals surface area (Å²) in [6.45, 7) is 2.93. The maximum Gasteiger partial charge on any atom is 0.213 e. The van der Waals surface area contributed by atoms with Crippen molar-refractivity contribution in [3.63, 3.8) is 0 Å². The summed E-state index contributed by atoms with van der Waals surface area (Å²) >= 11 is 0. The second kappa shape index (κ2) is 7.00. The van der Waals surface area contributed by atoms with Crippen LogP contribution in [0.5, 0.6) is 5.88 Å². The van der Waals surface area contributed by atoms with E-state index >= 15 is 0 Å². The molecule has 0 atom stereocenters. The van der Waals surface area contributed by atoms with Crippen LogP contribution in [0.4, 0.5) is 5.82 Å². The highest BCUT2D eigenvalue weighted by molar-refractivity contribution is 5.42. The number of anilines is 1. The Labute approximate surface area is 145 Å². The maximum absolute atomic E-state index is 6.06. The molecule has 130 valence electrons. The SMILES string of the molecule is CC1CCC(Oc2cc(CNc3ccc4nnnn4n3)ccn2)CC1. The molecule has 8 heteroatoms. The maximum atomic E-state index is 6.06. The predicted molar refractivity (Wildman–Crippen MR) is 92.2 cm³/mol. The molecular formula is C17H21N7O. The van der Waals surface area contributed by atoms with E-state index < -0.39 is 0 Å². The van der Waals surface area contributed by atoms with Crippen molar-refractivity contribution in [1.29, 1.82) is 0 Å². The number of ether oxygens (including phenoxy) is 1. The Morgan fingerprint density at radius 1 is 1.20 bits per heavy atom. The highest BCUT2D eigenvalue weighted by Crippen LogP contribution is 2.26. The Morgan fingerprint density at radius 3 is 2.96 bits per heavy atom. The number of tetrazole rings is 1. The summed E-state index contributed by atoms with van der Waals surface area (Å²) in [7, 11) is 0. The van der Waals surface area contributed by atoms with Crippen molar-refractivity contribution >= 4 is 11.5 Å². The first-order valence-electron chi connectivity index (χ1n) is 8.67. The molecule has 0 aliphatic heterocycles. The normalized spacial score (nSPS) is 20.5. The smallest absolute Gasteiger partial charge is 0.213 e. The third-order valence-electron chi connectivity index (χ3n) is 4.59. The Bertz CT molecular complexity index is 842. The molecule has 3 heterocycles. The number of pyridine rings is 1. The van der Waals surface area contributed by atoms with Gasteiger partial charge in [0, 0.05) is 18.8 Å². The van der Waals surface area contributed by atoms with Gasteiger partial charge in [-0.1, -0.05) is 6.92 Å². The number of nitrogens with zero attached hydrogens (tertiary/aromatic N) is 6. The van der Waals surface area contributed by atoms with Crippen LogP contribution in [0.3, 0.4) is 0 Å². The molecule has 0 bridgehead atoms. The largest absolute Gasteiger partial charge is 0.474 e. The van der Waals surface area contributed by atoms with E-state index in [2.05, 4.69) is 37.8 Å². The molecule has 0 spiro atoms. The molecule has 1 N–H and O–H groups in total. The van der Waals surface area contributed by atoms with Crippen molar-refractivity contribution in [2.75, 3.05) is 5.32 Å². The van der Waals surface area contributed by atoms with E-state index in [0.29, 0.717) is 23.9 Å². The molecule has 0 aromatic carbocycles. The van der Waals surface area contributed by atoms with Crippen molar-refractivity contribution in [3.05, 3.63) is 36.0 Å². The zero-order chi connectivity index (χ0) is 17.1. The van der Waals surface area contributed by atoms with Gasteiger partial charge in [0.05, 0.1) is 0 Å². The first-order valence-corrected chi connectivity index (χ1v) is 8.67. The molecule has 1 fully saturated rings. The molecule has 1 aliphatic carbocycles. The van der Waals surface area contributed by atoms with Gasteiger partial charge >= 0.3 is 0 Å². The van der Waals surface area contributed by atoms with Crippen LogP contribution in [0.1, 0.15) is 38.2 Å². The summed E-state index contributed by atoms with van der Waals surface area (Å²) in [6.07, 6.45) is 6.77. The number of rotatable bonds is 5. The minimum Gasteiger partial charge on any atom is -0.474 e. The van der Waals surface area contributed by atoms with Gasteiger partial charge in [0.2, 0.25) is 5.88 Å². The second-order valence-electron chi connectivity index (χ2n) is 6.60. The first kappa shape index (κ1) is 15.7. The Hall–Kier alpha value is -2.77. The quantitative estimate of drug-likeness (QED) is 0.763. The number of fused-ring (bicyclic) bond motifs is 1. The summed E-state index contributed by atoms with van der Waals surface area (Å²) < 4.78 is 7.45. The molecule has 0 radical (unpaired) electrons. The number of aromatic nitrogens is 6. The van der Waals surface area contributed by atoms with Crippen LogP contribution in [-0.4, -0.2) is 36.3 Å². The zero-order valence-electron chi connectivity index (χ0n) is 14.2. The number of nitrogens with one attached hydrogen (secondary N) is 1. The van der Waals surface area contributed by atoms with E-state index in [1.807, 2.05) is 24.3 Å². The van der Waals surface area contributed by atoms with Crippen LogP contribution in [0.2, 0.25) is 0 Å². The van der Waals surface area contributed by atoms with Crippen LogP contribution < -0.4 is 10.1 Å². The third kappa shape index (κ3) is 3.84. The number of hydrogen-bond acceptors (Lipinski definition) is 7. The van der Waals surface area contributed by atoms with E-state index in [0.717, 1.165) is 24.3 Å². The Kier molecular flexibility index (Phi) is 4.41. The Balaban J connectivity index is 1.37. The standard InChI is InChI=1S/C17H21N7O/c1-12-2-4-14(5-3-12)25-17-10-13(8-9-18-17)11-19-15-6-7-16-20-22-23-24(16)21-15/h6-10,12,14H,2-5,11H2,1H3,(H,19,21). The average molecular weight is 339 g/mol. The molecule has 8 nitrogen and oxygen atoms in total. The first-order chi connectivity index (χ1) is 12.3. The average Bonchev–Trinajstić information content (AvgIpc) is 3.10. The number of hydrogen-bond donors (Lipinski definition) is 1. The molecule has 1 saturated carbocycles. The topological polar surface area (TPSA) is 90.1 Å². The fourth-order valence-electron chi connectivity index (χ4n) is 3.08. The van der Waals surface area contributed by atoms with Crippen LogP contribution >= 0.6 is 0 Å². The molecule has 25 heavy (non-hydrogen) atoms. The van der Waals surface area contributed by atoms with Gasteiger partial charge in [-0.15, -0.1) is 14.8 Å². The van der Waals surface area contributed by atoms with Crippen molar-refractivity contribution in [2.24, 2.45) is 5.92 Å². The molecule has 0 saturated heterocycles. The van der Waals surface area contributed by atoms with Gasteiger partial charge in [-0.3, -0.25) is 0 Å². The van der Waals surface area contributed by atoms with Crippen molar-refractivity contribution < 1.29 is 4.74 Å². The minimum atomic E-state index is 0.288. The van der Waals surface area contributed by atoms with Gasteiger partial charge < -0.3 is 10.1 Å². The lowest BCUT2D eigenvalue weighted by molar-refractivity contribution is 0.130. The lowest BCUT2D eigenvalue weighted by Crippen LogP contribution is -2.23. The van der Waals surface area contributed by atoms with E-state index in [1.165, 1.54) is 17.5 Å². The molecule has 0 amide bonds. The molecule has 1 aliphatic rings. The molecule has 3 aromatic heterocycles. The summed E-state index contributed by atoms with van der Waals surface area (Å²) in [5.74, 6) is 2.22. The zero-order valence-corrected chi connectivity index (χ0v) is 14.2. The lowest BCUT2D eigenvalue weighted by Gasteiger charge is -2.26. The van der Waals surface area contributed by atoms with E-state index in [9.17, 15) is 0 Å². The van der Waals surface area contributed by atoms with Crippen LogP contribution in [0, 0.1) is 5.92 Å². The minimum absolute atomic E-state index is 0.288. The Morgan fingerprint density at radius 2 is 2.08 bits per heavy atom. The summed E-state index contributed by atoms with van der Waals surface area (Å²) in [5.41, 5.74) is 1.71. The van der Waals surface area contributed by atoms with Crippen molar-refractivity contribution in [3.8, 4) is 5.88 Å². The summed E-state index contributed by atoms with van der Waals surface area (Å²) in [5, 5.41) is 18.8. The van der Waals surface area contributed by atoms with Crippen LogP contribution in [0.25, 0.3) is 5.65 Å². The monoisotopic (exact) mass is 339 g/mol. The van der Waals surface area contributed by atoms with Crippen LogP contribution in [0.15, 0.2) is 30.5 Å². The van der Waals surface area contributed by atoms with Crippen LogP contribution in [-0.2, 0) is 6.54 Å². The highest BCUT2D eigenvalue weighted by Gasteiger charge is 2.19. The molecule has 4 rings (SSSR count). The van der Waals surface area contributed by atoms with Gasteiger partial charge in [-0.25, -0.2) is 4.98 Å².